The van der Waals surface area contributed by atoms with E-state index in [2.05, 4.69) is 15.5 Å². The van der Waals surface area contributed by atoms with Crippen LogP contribution in [0.4, 0.5) is 5.82 Å². The van der Waals surface area contributed by atoms with Crippen LogP contribution in [0.1, 0.15) is 20.8 Å². The summed E-state index contributed by atoms with van der Waals surface area (Å²) in [7, 11) is 0. The van der Waals surface area contributed by atoms with Crippen LogP contribution in [-0.2, 0) is 4.79 Å². The fourth-order valence-electron chi connectivity index (χ4n) is 0.973. The van der Waals surface area contributed by atoms with Crippen molar-refractivity contribution in [3.05, 3.63) is 18.2 Å². The Morgan fingerprint density at radius 2 is 2.24 bits per heavy atom. The standard InChI is InChI=1S/C11H15N3O3/c1-7(2)17-10-6-4-5-9(12-10)14-13-8(3)11(15)16/h4-7H,1-3H3,(H,12,14)(H,15,16)/b13-8+. The highest BCUT2D eigenvalue weighted by molar-refractivity contribution is 6.34. The predicted molar refractivity (Wildman–Crippen MR) is 64.4 cm³/mol. The predicted octanol–water partition coefficient (Wildman–Crippen LogP) is 1.74. The number of aromatic nitrogens is 1. The first kappa shape index (κ1) is 13.0. The Morgan fingerprint density at radius 3 is 2.82 bits per heavy atom. The van der Waals surface area contributed by atoms with E-state index >= 15 is 0 Å². The molecule has 0 saturated heterocycles. The number of aliphatic carboxylic acids is 1. The summed E-state index contributed by atoms with van der Waals surface area (Å²) < 4.78 is 5.39. The van der Waals surface area contributed by atoms with Gasteiger partial charge in [-0.05, 0) is 26.8 Å². The molecule has 2 N–H and O–H groups in total. The second-order valence-electron chi connectivity index (χ2n) is 3.64. The minimum atomic E-state index is -1.08. The van der Waals surface area contributed by atoms with Gasteiger partial charge < -0.3 is 9.84 Å². The zero-order valence-electron chi connectivity index (χ0n) is 9.97. The van der Waals surface area contributed by atoms with Crippen LogP contribution in [0.2, 0.25) is 0 Å². The fraction of sp³-hybridized carbons (Fsp3) is 0.364. The Bertz CT molecular complexity index is 430. The maximum atomic E-state index is 10.5. The lowest BCUT2D eigenvalue weighted by Crippen LogP contribution is -2.11. The van der Waals surface area contributed by atoms with Crippen LogP contribution in [0.25, 0.3) is 0 Å². The summed E-state index contributed by atoms with van der Waals surface area (Å²) in [4.78, 5) is 14.6. The normalized spacial score (nSPS) is 11.4. The Labute approximate surface area is 99.3 Å². The lowest BCUT2D eigenvalue weighted by Gasteiger charge is -2.09. The van der Waals surface area contributed by atoms with Gasteiger partial charge in [-0.2, -0.15) is 10.1 Å². The van der Waals surface area contributed by atoms with Gasteiger partial charge >= 0.3 is 5.97 Å². The average Bonchev–Trinajstić information content (AvgIpc) is 2.25. The first-order valence-electron chi connectivity index (χ1n) is 5.16. The Kier molecular flexibility index (Phi) is 4.45. The van der Waals surface area contributed by atoms with Gasteiger partial charge in [-0.25, -0.2) is 4.79 Å². The molecule has 0 unspecified atom stereocenters. The third-order valence-corrected chi connectivity index (χ3v) is 1.73. The number of carboxylic acid groups (broad SMARTS) is 1. The van der Waals surface area contributed by atoms with Gasteiger partial charge in [0.05, 0.1) is 6.10 Å². The van der Waals surface area contributed by atoms with Crippen LogP contribution in [0.5, 0.6) is 5.88 Å². The number of carboxylic acids is 1. The third kappa shape index (κ3) is 4.50. The molecule has 1 heterocycles. The van der Waals surface area contributed by atoms with Crippen LogP contribution < -0.4 is 10.2 Å². The van der Waals surface area contributed by atoms with Gasteiger partial charge in [0.1, 0.15) is 11.5 Å². The van der Waals surface area contributed by atoms with Crippen molar-refractivity contribution in [2.45, 2.75) is 26.9 Å². The number of anilines is 1. The van der Waals surface area contributed by atoms with Crippen molar-refractivity contribution < 1.29 is 14.6 Å². The zero-order chi connectivity index (χ0) is 12.8. The van der Waals surface area contributed by atoms with Gasteiger partial charge in [-0.3, -0.25) is 5.43 Å². The minimum absolute atomic E-state index is 0.0296. The van der Waals surface area contributed by atoms with E-state index in [-0.39, 0.29) is 11.8 Å². The molecule has 0 bridgehead atoms. The van der Waals surface area contributed by atoms with Crippen molar-refractivity contribution in [1.29, 1.82) is 0 Å². The number of hydrogen-bond donors (Lipinski definition) is 2. The molecule has 0 amide bonds. The summed E-state index contributed by atoms with van der Waals surface area (Å²) in [5, 5.41) is 12.3. The van der Waals surface area contributed by atoms with Crippen molar-refractivity contribution in [2.24, 2.45) is 5.10 Å². The number of hydrazone groups is 1. The number of nitrogens with zero attached hydrogens (tertiary/aromatic N) is 2. The van der Waals surface area contributed by atoms with Gasteiger partial charge in [-0.1, -0.05) is 6.07 Å². The van der Waals surface area contributed by atoms with Crippen LogP contribution in [0.15, 0.2) is 23.3 Å². The zero-order valence-corrected chi connectivity index (χ0v) is 9.97. The van der Waals surface area contributed by atoms with Crippen molar-refractivity contribution >= 4 is 17.5 Å². The van der Waals surface area contributed by atoms with E-state index in [1.54, 1.807) is 18.2 Å². The molecular weight excluding hydrogens is 222 g/mol. The number of ether oxygens (including phenoxy) is 1. The smallest absolute Gasteiger partial charge is 0.351 e. The van der Waals surface area contributed by atoms with E-state index in [9.17, 15) is 4.79 Å². The number of hydrogen-bond acceptors (Lipinski definition) is 5. The molecule has 0 radical (unpaired) electrons. The molecule has 0 aromatic carbocycles. The van der Waals surface area contributed by atoms with Gasteiger partial charge in [-0.15, -0.1) is 0 Å². The van der Waals surface area contributed by atoms with Gasteiger partial charge in [0.15, 0.2) is 0 Å². The molecule has 0 fully saturated rings. The molecule has 0 spiro atoms. The van der Waals surface area contributed by atoms with Crippen LogP contribution in [0, 0.1) is 0 Å². The maximum Gasteiger partial charge on any atom is 0.351 e. The van der Waals surface area contributed by atoms with Gasteiger partial charge in [0.2, 0.25) is 5.88 Å². The third-order valence-electron chi connectivity index (χ3n) is 1.73. The Balaban J connectivity index is 2.72. The molecule has 0 aliphatic carbocycles. The van der Waals surface area contributed by atoms with Crippen molar-refractivity contribution in [2.75, 3.05) is 5.43 Å². The van der Waals surface area contributed by atoms with E-state index < -0.39 is 5.97 Å². The second kappa shape index (κ2) is 5.83. The van der Waals surface area contributed by atoms with Crippen LogP contribution in [-0.4, -0.2) is 27.9 Å². The van der Waals surface area contributed by atoms with E-state index in [1.165, 1.54) is 6.92 Å². The molecule has 1 rings (SSSR count). The molecule has 92 valence electrons. The molecule has 1 aromatic heterocycles. The lowest BCUT2D eigenvalue weighted by atomic mass is 10.4. The molecule has 0 aliphatic rings. The number of carbonyl (C=O) groups is 1. The quantitative estimate of drug-likeness (QED) is 0.602. The summed E-state index contributed by atoms with van der Waals surface area (Å²) in [5.74, 6) is -0.177. The van der Waals surface area contributed by atoms with Crippen LogP contribution >= 0.6 is 0 Å². The fourth-order valence-corrected chi connectivity index (χ4v) is 0.973. The molecule has 6 nitrogen and oxygen atoms in total. The van der Waals surface area contributed by atoms with Crippen LogP contribution in [0.3, 0.4) is 0 Å². The monoisotopic (exact) mass is 237 g/mol. The largest absolute Gasteiger partial charge is 0.477 e. The first-order valence-corrected chi connectivity index (χ1v) is 5.16. The molecule has 0 saturated carbocycles. The highest BCUT2D eigenvalue weighted by Crippen LogP contribution is 2.12. The Hall–Kier alpha value is -2.11. The lowest BCUT2D eigenvalue weighted by molar-refractivity contribution is -0.129. The van der Waals surface area contributed by atoms with Crippen molar-refractivity contribution in [1.82, 2.24) is 4.98 Å². The van der Waals surface area contributed by atoms with E-state index in [0.717, 1.165) is 0 Å². The highest BCUT2D eigenvalue weighted by Gasteiger charge is 2.03. The SMILES string of the molecule is C/C(=N\Nc1cccc(OC(C)C)n1)C(=O)O. The topological polar surface area (TPSA) is 83.8 Å². The van der Waals surface area contributed by atoms with E-state index in [1.807, 2.05) is 13.8 Å². The van der Waals surface area contributed by atoms with E-state index in [4.69, 9.17) is 9.84 Å². The van der Waals surface area contributed by atoms with Gasteiger partial charge in [0, 0.05) is 6.07 Å². The summed E-state index contributed by atoms with van der Waals surface area (Å²) in [6.45, 7) is 5.19. The average molecular weight is 237 g/mol. The molecule has 0 atom stereocenters. The minimum Gasteiger partial charge on any atom is -0.477 e. The van der Waals surface area contributed by atoms with Gasteiger partial charge in [0.25, 0.3) is 0 Å². The Morgan fingerprint density at radius 1 is 1.53 bits per heavy atom. The van der Waals surface area contributed by atoms with Crippen molar-refractivity contribution in [3.63, 3.8) is 0 Å². The second-order valence-corrected chi connectivity index (χ2v) is 3.64. The number of pyridine rings is 1. The van der Waals surface area contributed by atoms with E-state index in [0.29, 0.717) is 11.7 Å². The summed E-state index contributed by atoms with van der Waals surface area (Å²) >= 11 is 0. The number of rotatable bonds is 5. The maximum absolute atomic E-state index is 10.5. The van der Waals surface area contributed by atoms with Crippen molar-refractivity contribution in [3.8, 4) is 5.88 Å². The molecular formula is C11H15N3O3. The molecule has 0 aliphatic heterocycles. The molecule has 6 heteroatoms. The molecule has 1 aromatic rings. The highest BCUT2D eigenvalue weighted by atomic mass is 16.5. The summed E-state index contributed by atoms with van der Waals surface area (Å²) in [5.41, 5.74) is 2.52. The number of nitrogens with one attached hydrogen (secondary N) is 1. The summed E-state index contributed by atoms with van der Waals surface area (Å²) in [6, 6.07) is 5.14. The summed E-state index contributed by atoms with van der Waals surface area (Å²) in [6.07, 6.45) is 0.0296. The molecule has 17 heavy (non-hydrogen) atoms. The first-order chi connectivity index (χ1) is 7.99.